The Kier molecular flexibility index (Phi) is 7.84. The van der Waals surface area contributed by atoms with E-state index in [1.807, 2.05) is 6.07 Å². The van der Waals surface area contributed by atoms with Crippen molar-refractivity contribution in [1.29, 1.82) is 0 Å². The highest BCUT2D eigenvalue weighted by molar-refractivity contribution is 7.92. The summed E-state index contributed by atoms with van der Waals surface area (Å²) in [4.78, 5) is 19.0. The van der Waals surface area contributed by atoms with E-state index in [1.54, 1.807) is 37.3 Å². The molecule has 3 rings (SSSR count). The van der Waals surface area contributed by atoms with Crippen molar-refractivity contribution in [3.05, 3.63) is 58.8 Å². The number of hydrogen-bond donors (Lipinski definition) is 2. The first kappa shape index (κ1) is 23.7. The topological polar surface area (TPSA) is 91.4 Å². The predicted molar refractivity (Wildman–Crippen MR) is 126 cm³/mol. The molecule has 1 aromatic carbocycles. The molecule has 1 aliphatic heterocycles. The minimum absolute atomic E-state index is 0.264. The number of carbonyl (C=O) groups is 1. The van der Waals surface area contributed by atoms with E-state index in [0.717, 1.165) is 48.9 Å². The number of aryl methyl sites for hydroxylation is 1. The van der Waals surface area contributed by atoms with Crippen LogP contribution in [-0.2, 0) is 28.0 Å². The van der Waals surface area contributed by atoms with Gasteiger partial charge in [0.2, 0.25) is 15.9 Å². The maximum Gasteiger partial charge on any atom is 0.244 e. The van der Waals surface area contributed by atoms with Crippen LogP contribution in [-0.4, -0.2) is 38.7 Å². The minimum Gasteiger partial charge on any atom is -0.356 e. The number of benzene rings is 1. The Morgan fingerprint density at radius 3 is 2.59 bits per heavy atom. The van der Waals surface area contributed by atoms with Gasteiger partial charge in [-0.3, -0.25) is 9.52 Å². The van der Waals surface area contributed by atoms with Crippen LogP contribution in [0.5, 0.6) is 0 Å². The molecule has 9 heteroatoms. The predicted octanol–water partition coefficient (Wildman–Crippen LogP) is 3.55. The highest BCUT2D eigenvalue weighted by Gasteiger charge is 2.16. The molecule has 32 heavy (non-hydrogen) atoms. The number of hydrogen-bond acceptors (Lipinski definition) is 5. The summed E-state index contributed by atoms with van der Waals surface area (Å²) in [6.45, 7) is 3.23. The first-order valence-electron chi connectivity index (χ1n) is 10.6. The number of piperidine rings is 1. The van der Waals surface area contributed by atoms with Gasteiger partial charge in [-0.25, -0.2) is 17.8 Å². The first-order valence-corrected chi connectivity index (χ1v) is 12.5. The lowest BCUT2D eigenvalue weighted by molar-refractivity contribution is -0.116. The van der Waals surface area contributed by atoms with Gasteiger partial charge in [0.05, 0.1) is 17.6 Å². The van der Waals surface area contributed by atoms with Crippen LogP contribution >= 0.6 is 0 Å². The van der Waals surface area contributed by atoms with E-state index in [9.17, 15) is 17.6 Å². The van der Waals surface area contributed by atoms with E-state index in [4.69, 9.17) is 0 Å². The molecule has 0 unspecified atom stereocenters. The molecule has 172 valence electrons. The highest BCUT2D eigenvalue weighted by atomic mass is 32.2. The van der Waals surface area contributed by atoms with Crippen molar-refractivity contribution >= 4 is 33.5 Å². The third-order valence-electron chi connectivity index (χ3n) is 5.22. The number of anilines is 2. The van der Waals surface area contributed by atoms with Crippen LogP contribution in [0.25, 0.3) is 6.08 Å². The van der Waals surface area contributed by atoms with Gasteiger partial charge in [-0.05, 0) is 61.6 Å². The summed E-state index contributed by atoms with van der Waals surface area (Å²) in [5, 5.41) is 2.83. The molecule has 1 aliphatic rings. The number of amides is 1. The van der Waals surface area contributed by atoms with Crippen LogP contribution in [0, 0.1) is 6.92 Å². The van der Waals surface area contributed by atoms with Crippen molar-refractivity contribution in [2.75, 3.05) is 29.0 Å². The van der Waals surface area contributed by atoms with E-state index in [1.165, 1.54) is 12.5 Å². The molecule has 0 saturated carbocycles. The number of nitrogens with zero attached hydrogens (tertiary/aromatic N) is 2. The van der Waals surface area contributed by atoms with Crippen molar-refractivity contribution in [1.82, 2.24) is 10.3 Å². The summed E-state index contributed by atoms with van der Waals surface area (Å²) in [5.41, 5.74) is 3.30. The summed E-state index contributed by atoms with van der Waals surface area (Å²) >= 11 is 0. The second-order valence-electron chi connectivity index (χ2n) is 7.97. The summed E-state index contributed by atoms with van der Waals surface area (Å²) in [7, 11) is -3.35. The van der Waals surface area contributed by atoms with Crippen LogP contribution in [0.1, 0.15) is 41.6 Å². The fourth-order valence-electron chi connectivity index (χ4n) is 3.63. The number of nitrogens with one attached hydrogen (secondary N) is 2. The van der Waals surface area contributed by atoms with Gasteiger partial charge < -0.3 is 10.2 Å². The van der Waals surface area contributed by atoms with Crippen molar-refractivity contribution < 1.29 is 17.6 Å². The van der Waals surface area contributed by atoms with Gasteiger partial charge in [0.1, 0.15) is 12.5 Å². The maximum atomic E-state index is 13.1. The fraction of sp³-hybridized carbons (Fsp3) is 0.391. The third-order valence-corrected chi connectivity index (χ3v) is 5.81. The van der Waals surface area contributed by atoms with Gasteiger partial charge in [-0.1, -0.05) is 12.1 Å². The zero-order chi connectivity index (χ0) is 23.1. The van der Waals surface area contributed by atoms with Crippen LogP contribution < -0.4 is 14.9 Å². The van der Waals surface area contributed by atoms with Crippen LogP contribution in [0.3, 0.4) is 0 Å². The van der Waals surface area contributed by atoms with Crippen molar-refractivity contribution in [3.8, 4) is 0 Å². The number of halogens is 1. The van der Waals surface area contributed by atoms with Gasteiger partial charge >= 0.3 is 0 Å². The van der Waals surface area contributed by atoms with Gasteiger partial charge in [0, 0.05) is 31.3 Å². The Balaban J connectivity index is 1.65. The largest absolute Gasteiger partial charge is 0.356 e. The molecule has 2 N–H and O–H groups in total. The van der Waals surface area contributed by atoms with Crippen molar-refractivity contribution in [2.24, 2.45) is 0 Å². The second kappa shape index (κ2) is 10.6. The number of aromatic nitrogens is 1. The molecule has 2 heterocycles. The lowest BCUT2D eigenvalue weighted by Gasteiger charge is -2.29. The molecule has 1 amide bonds. The van der Waals surface area contributed by atoms with Crippen LogP contribution in [0.4, 0.5) is 15.9 Å². The smallest absolute Gasteiger partial charge is 0.244 e. The molecule has 2 aromatic rings. The number of carbonyl (C=O) groups excluding carboxylic acids is 1. The molecule has 1 aromatic heterocycles. The molecule has 0 spiro atoms. The van der Waals surface area contributed by atoms with Gasteiger partial charge in [-0.15, -0.1) is 0 Å². The van der Waals surface area contributed by atoms with E-state index in [-0.39, 0.29) is 5.91 Å². The molecule has 0 aliphatic carbocycles. The van der Waals surface area contributed by atoms with Gasteiger partial charge in [-0.2, -0.15) is 0 Å². The average Bonchev–Trinajstić information content (AvgIpc) is 2.77. The number of sulfonamides is 1. The second-order valence-corrected chi connectivity index (χ2v) is 9.72. The number of rotatable bonds is 8. The minimum atomic E-state index is -3.35. The van der Waals surface area contributed by atoms with E-state index in [0.29, 0.717) is 23.7 Å². The lowest BCUT2D eigenvalue weighted by Crippen LogP contribution is -2.31. The van der Waals surface area contributed by atoms with Crippen molar-refractivity contribution in [2.45, 2.75) is 39.4 Å². The number of alkyl halides is 1. The van der Waals surface area contributed by atoms with Gasteiger partial charge in [0.25, 0.3) is 0 Å². The zero-order valence-corrected chi connectivity index (χ0v) is 19.2. The fourth-order valence-corrected chi connectivity index (χ4v) is 4.25. The monoisotopic (exact) mass is 460 g/mol. The molecule has 1 fully saturated rings. The molecule has 0 radical (unpaired) electrons. The van der Waals surface area contributed by atoms with Gasteiger partial charge in [0.15, 0.2) is 0 Å². The normalized spacial score (nSPS) is 14.5. The van der Waals surface area contributed by atoms with Crippen LogP contribution in [0.2, 0.25) is 0 Å². The highest BCUT2D eigenvalue weighted by Crippen LogP contribution is 2.24. The quantitative estimate of drug-likeness (QED) is 0.588. The lowest BCUT2D eigenvalue weighted by atomic mass is 10.1. The number of pyridine rings is 1. The molecule has 1 saturated heterocycles. The molecule has 0 bridgehead atoms. The SMILES string of the molecule is Cc1cc(CNC(=O)/C=C/c2ccc(CF)nc2N2CCCCC2)ccc1NS(C)(=O)=O. The van der Waals surface area contributed by atoms with E-state index < -0.39 is 16.7 Å². The summed E-state index contributed by atoms with van der Waals surface area (Å²) in [5.74, 6) is 0.452. The molecule has 0 atom stereocenters. The van der Waals surface area contributed by atoms with E-state index in [2.05, 4.69) is 19.9 Å². The molecular weight excluding hydrogens is 431 g/mol. The summed E-state index contributed by atoms with van der Waals surface area (Å²) in [6.07, 6.45) is 7.58. The van der Waals surface area contributed by atoms with Crippen LogP contribution in [0.15, 0.2) is 36.4 Å². The third kappa shape index (κ3) is 6.78. The maximum absolute atomic E-state index is 13.1. The molecular formula is C23H29FN4O3S. The Morgan fingerprint density at radius 2 is 1.94 bits per heavy atom. The standard InChI is InChI=1S/C23H29FN4O3S/c1-17-14-18(6-10-21(17)27-32(2,30)31)16-25-22(29)11-8-19-7-9-20(15-24)26-23(19)28-12-4-3-5-13-28/h6-11,14,27H,3-5,12-13,15-16H2,1-2H3,(H,25,29)/b11-8+. The van der Waals surface area contributed by atoms with Crippen molar-refractivity contribution in [3.63, 3.8) is 0 Å². The zero-order valence-electron chi connectivity index (χ0n) is 18.4. The van der Waals surface area contributed by atoms with E-state index >= 15 is 0 Å². The average molecular weight is 461 g/mol. The Morgan fingerprint density at radius 1 is 1.19 bits per heavy atom. The molecule has 7 nitrogen and oxygen atoms in total. The summed E-state index contributed by atoms with van der Waals surface area (Å²) < 4.78 is 38.4. The Labute approximate surface area is 188 Å². The Bertz CT molecular complexity index is 1100. The first-order chi connectivity index (χ1) is 15.2. The Hall–Kier alpha value is -2.94. The summed E-state index contributed by atoms with van der Waals surface area (Å²) in [6, 6.07) is 8.70.